The van der Waals surface area contributed by atoms with Gasteiger partial charge >= 0.3 is 149 Å². The second-order valence-corrected chi connectivity index (χ2v) is 21.2. The fraction of sp³-hybridized carbons (Fsp3) is 0.176. The molecule has 1 heterocycles. The van der Waals surface area contributed by atoms with Gasteiger partial charge in [-0.05, 0) is 0 Å². The van der Waals surface area contributed by atoms with E-state index >= 15 is 0 Å². The summed E-state index contributed by atoms with van der Waals surface area (Å²) in [4.78, 5) is 13.1. The van der Waals surface area contributed by atoms with E-state index in [9.17, 15) is 0 Å². The topological polar surface area (TPSA) is 34.5 Å². The Kier molecular flexibility index (Phi) is 4.94. The molecule has 0 unspecified atom stereocenters. The van der Waals surface area contributed by atoms with Gasteiger partial charge in [0.25, 0.3) is 0 Å². The van der Waals surface area contributed by atoms with Crippen LogP contribution in [-0.4, -0.2) is 28.9 Å². The van der Waals surface area contributed by atoms with E-state index in [1.165, 1.54) is 5.56 Å². The first-order valence-electron chi connectivity index (χ1n) is 7.29. The van der Waals surface area contributed by atoms with Gasteiger partial charge in [-0.25, -0.2) is 0 Å². The molecule has 3 nitrogen and oxygen atoms in total. The van der Waals surface area contributed by atoms with Crippen molar-refractivity contribution in [2.75, 3.05) is 0 Å². The molecule has 6 heteroatoms. The Morgan fingerprint density at radius 2 is 2.00 bits per heavy atom. The predicted octanol–water partition coefficient (Wildman–Crippen LogP) is 5.67. The van der Waals surface area contributed by atoms with Crippen molar-refractivity contribution in [3.05, 3.63) is 53.6 Å². The molecule has 2 aromatic carbocycles. The maximum atomic E-state index is 6.36. The molecule has 23 heavy (non-hydrogen) atoms. The van der Waals surface area contributed by atoms with E-state index in [0.29, 0.717) is 0 Å². The first kappa shape index (κ1) is 16.7. The van der Waals surface area contributed by atoms with E-state index in [2.05, 4.69) is 29.0 Å². The third kappa shape index (κ3) is 4.46. The number of benzene rings is 2. The number of nitrogens with zero attached hydrogens (tertiary/aromatic N) is 2. The van der Waals surface area contributed by atoms with Crippen molar-refractivity contribution < 1.29 is 3.07 Å². The van der Waals surface area contributed by atoms with Crippen molar-refractivity contribution in [2.45, 2.75) is 16.8 Å². The van der Waals surface area contributed by atoms with Gasteiger partial charge in [0.05, 0.1) is 0 Å². The SMILES string of the molecule is Cc1ccc2nc(N=Cc3ccccc3[O][Sn]([CH3])([CH3])[Cl])sc2c1. The minimum absolute atomic E-state index is 0.744. The van der Waals surface area contributed by atoms with Crippen molar-refractivity contribution in [2.24, 2.45) is 4.99 Å². The number of hydrogen-bond acceptors (Lipinski definition) is 4. The summed E-state index contributed by atoms with van der Waals surface area (Å²) < 4.78 is 7.12. The van der Waals surface area contributed by atoms with Crippen LogP contribution in [0.1, 0.15) is 11.1 Å². The molecule has 0 fully saturated rings. The summed E-state index contributed by atoms with van der Waals surface area (Å²) in [5, 5.41) is 0.744. The van der Waals surface area contributed by atoms with E-state index in [1.807, 2.05) is 40.2 Å². The van der Waals surface area contributed by atoms with Crippen LogP contribution >= 0.6 is 20.3 Å². The minimum atomic E-state index is -2.89. The molecule has 0 amide bonds. The van der Waals surface area contributed by atoms with Gasteiger partial charge in [0.1, 0.15) is 0 Å². The predicted molar refractivity (Wildman–Crippen MR) is 102 cm³/mol. The van der Waals surface area contributed by atoms with Crippen LogP contribution in [0.5, 0.6) is 5.75 Å². The van der Waals surface area contributed by atoms with E-state index in [0.717, 1.165) is 26.7 Å². The van der Waals surface area contributed by atoms with E-state index in [4.69, 9.17) is 12.0 Å². The summed E-state index contributed by atoms with van der Waals surface area (Å²) in [5.41, 5.74) is 3.14. The van der Waals surface area contributed by atoms with Gasteiger partial charge in [-0.2, -0.15) is 0 Å². The molecule has 0 radical (unpaired) electrons. The van der Waals surface area contributed by atoms with Crippen LogP contribution < -0.4 is 3.07 Å². The molecule has 0 N–H and O–H groups in total. The summed E-state index contributed by atoms with van der Waals surface area (Å²) >= 11 is -1.31. The van der Waals surface area contributed by atoms with Gasteiger partial charge < -0.3 is 0 Å². The molecule has 0 aliphatic carbocycles. The van der Waals surface area contributed by atoms with Gasteiger partial charge in [-0.15, -0.1) is 0 Å². The number of hydrogen-bond donors (Lipinski definition) is 0. The van der Waals surface area contributed by atoms with Crippen molar-refractivity contribution in [1.29, 1.82) is 0 Å². The third-order valence-corrected chi connectivity index (χ3v) is 6.58. The van der Waals surface area contributed by atoms with E-state index in [1.54, 1.807) is 17.6 Å². The fourth-order valence-corrected chi connectivity index (χ4v) is 5.63. The molecule has 0 saturated heterocycles. The molecule has 118 valence electrons. The number of para-hydroxylation sites is 1. The van der Waals surface area contributed by atoms with E-state index in [-0.39, 0.29) is 0 Å². The molecule has 0 aliphatic rings. The number of aliphatic imine (C=N–C) groups is 1. The van der Waals surface area contributed by atoms with Crippen LogP contribution in [0.25, 0.3) is 10.2 Å². The van der Waals surface area contributed by atoms with Crippen molar-refractivity contribution >= 4 is 59.5 Å². The van der Waals surface area contributed by atoms with Gasteiger partial charge in [0, 0.05) is 0 Å². The maximum absolute atomic E-state index is 6.36. The van der Waals surface area contributed by atoms with Crippen LogP contribution in [0.2, 0.25) is 9.88 Å². The van der Waals surface area contributed by atoms with Crippen LogP contribution in [0.3, 0.4) is 0 Å². The number of aromatic nitrogens is 1. The summed E-state index contributed by atoms with van der Waals surface area (Å²) in [6.45, 7) is 2.08. The summed E-state index contributed by atoms with van der Waals surface area (Å²) in [6.07, 6.45) is 1.80. The van der Waals surface area contributed by atoms with Crippen LogP contribution in [0.15, 0.2) is 47.5 Å². The van der Waals surface area contributed by atoms with Crippen molar-refractivity contribution in [3.63, 3.8) is 0 Å². The number of fused-ring (bicyclic) bond motifs is 1. The summed E-state index contributed by atoms with van der Waals surface area (Å²) in [5.74, 6) is 0.795. The van der Waals surface area contributed by atoms with Crippen molar-refractivity contribution in [1.82, 2.24) is 4.98 Å². The zero-order valence-corrected chi connectivity index (χ0v) is 17.6. The molecular formula is C17H17ClN2OSSn. The zero-order valence-electron chi connectivity index (χ0n) is 13.2. The zero-order chi connectivity index (χ0) is 16.4. The fourth-order valence-electron chi connectivity index (χ4n) is 2.14. The average Bonchev–Trinajstić information content (AvgIpc) is 2.86. The van der Waals surface area contributed by atoms with Crippen LogP contribution in [-0.2, 0) is 0 Å². The molecule has 0 aliphatic heterocycles. The molecule has 0 bridgehead atoms. The first-order chi connectivity index (χ1) is 10.9. The van der Waals surface area contributed by atoms with Gasteiger partial charge in [-0.3, -0.25) is 0 Å². The monoisotopic (exact) mass is 452 g/mol. The quantitative estimate of drug-likeness (QED) is 0.378. The molecule has 3 aromatic rings. The Hall–Kier alpha value is -1.11. The number of thiazole rings is 1. The average molecular weight is 452 g/mol. The Labute approximate surface area is 148 Å². The summed E-state index contributed by atoms with van der Waals surface area (Å²) in [6, 6.07) is 14.0. The standard InChI is InChI=1S/C15H12N2OS.2CH3.ClH.Sn/c1-10-6-7-12-14(8-10)19-15(17-12)16-9-11-4-2-3-5-13(11)18;;;;/h2-9,18H,1H3;2*1H3;1H;/q;;;;+2/p-2. The molecule has 0 saturated carbocycles. The summed E-state index contributed by atoms with van der Waals surface area (Å²) in [7, 11) is 6.36. The molecule has 0 spiro atoms. The van der Waals surface area contributed by atoms with Crippen LogP contribution in [0.4, 0.5) is 5.13 Å². The Morgan fingerprint density at radius 1 is 1.22 bits per heavy atom. The third-order valence-electron chi connectivity index (χ3n) is 3.12. The first-order valence-corrected chi connectivity index (χ1v) is 18.6. The Morgan fingerprint density at radius 3 is 2.78 bits per heavy atom. The van der Waals surface area contributed by atoms with Gasteiger partial charge in [0.15, 0.2) is 0 Å². The Bertz CT molecular complexity index is 870. The van der Waals surface area contributed by atoms with Gasteiger partial charge in [0.2, 0.25) is 0 Å². The Balaban J connectivity index is 1.89. The second kappa shape index (κ2) is 6.79. The molecule has 1 aromatic heterocycles. The van der Waals surface area contributed by atoms with Crippen molar-refractivity contribution in [3.8, 4) is 5.75 Å². The molecular weight excluding hydrogens is 434 g/mol. The number of halogens is 1. The van der Waals surface area contributed by atoms with Gasteiger partial charge in [-0.1, -0.05) is 0 Å². The molecule has 0 atom stereocenters. The normalized spacial score (nSPS) is 12.2. The van der Waals surface area contributed by atoms with Crippen LogP contribution in [0, 0.1) is 6.92 Å². The second-order valence-electron chi connectivity index (χ2n) is 5.73. The molecule has 3 rings (SSSR count). The number of rotatable bonds is 4. The number of aryl methyl sites for hydroxylation is 1. The van der Waals surface area contributed by atoms with E-state index < -0.39 is 17.7 Å².